The molecule has 8 nitrogen and oxygen atoms in total. The standard InChI is InChI=1S/C17H13F4N3O5S/c18-15(19)17(20,21)7-27-12-4-10(3-11(6-12)24(25)26)23-16(30)22-9-1-2-13-14(5-9)29-8-28-13/h1-6,15H,7-8H2,(H2,22,23,30). The smallest absolute Gasteiger partial charge is 0.340 e. The van der Waals surface area contributed by atoms with Crippen molar-refractivity contribution in [3.63, 3.8) is 0 Å². The number of nitro benzene ring substituents is 1. The zero-order chi connectivity index (χ0) is 21.9. The average molecular weight is 447 g/mol. The van der Waals surface area contributed by atoms with E-state index in [4.69, 9.17) is 21.7 Å². The van der Waals surface area contributed by atoms with Crippen LogP contribution in [0.2, 0.25) is 0 Å². The van der Waals surface area contributed by atoms with Crippen LogP contribution in [0.1, 0.15) is 0 Å². The summed E-state index contributed by atoms with van der Waals surface area (Å²) in [6.07, 6.45) is -3.94. The lowest BCUT2D eigenvalue weighted by Gasteiger charge is -2.17. The first kappa shape index (κ1) is 21.4. The second-order valence-corrected chi connectivity index (χ2v) is 6.38. The van der Waals surface area contributed by atoms with Crippen LogP contribution in [-0.4, -0.2) is 35.8 Å². The van der Waals surface area contributed by atoms with Crippen molar-refractivity contribution in [2.24, 2.45) is 0 Å². The van der Waals surface area contributed by atoms with Gasteiger partial charge in [0.15, 0.2) is 23.2 Å². The van der Waals surface area contributed by atoms with Gasteiger partial charge in [0.05, 0.1) is 16.7 Å². The summed E-state index contributed by atoms with van der Waals surface area (Å²) in [6.45, 7) is -1.56. The molecule has 13 heteroatoms. The summed E-state index contributed by atoms with van der Waals surface area (Å²) < 4.78 is 65.7. The second-order valence-electron chi connectivity index (χ2n) is 5.97. The largest absolute Gasteiger partial charge is 0.487 e. The Morgan fingerprint density at radius 2 is 1.87 bits per heavy atom. The van der Waals surface area contributed by atoms with E-state index in [1.807, 2.05) is 0 Å². The van der Waals surface area contributed by atoms with E-state index in [2.05, 4.69) is 15.4 Å². The Kier molecular flexibility index (Phi) is 6.10. The SMILES string of the molecule is O=[N+]([O-])c1cc(NC(=S)Nc2ccc3c(c2)OCO3)cc(OCC(F)(F)C(F)F)c1. The highest BCUT2D eigenvalue weighted by Crippen LogP contribution is 2.34. The molecule has 0 saturated carbocycles. The molecule has 1 heterocycles. The summed E-state index contributed by atoms with van der Waals surface area (Å²) in [5, 5.41) is 16.5. The van der Waals surface area contributed by atoms with Gasteiger partial charge in [-0.15, -0.1) is 0 Å². The number of halogens is 4. The predicted molar refractivity (Wildman–Crippen MR) is 102 cm³/mol. The Morgan fingerprint density at radius 1 is 1.17 bits per heavy atom. The Bertz CT molecular complexity index is 976. The molecule has 1 aliphatic rings. The Morgan fingerprint density at radius 3 is 2.57 bits per heavy atom. The molecule has 0 bridgehead atoms. The van der Waals surface area contributed by atoms with Crippen LogP contribution >= 0.6 is 12.2 Å². The van der Waals surface area contributed by atoms with Gasteiger partial charge in [-0.05, 0) is 24.4 Å². The fraction of sp³-hybridized carbons (Fsp3) is 0.235. The van der Waals surface area contributed by atoms with E-state index in [1.165, 1.54) is 0 Å². The number of thiocarbonyl (C=S) groups is 1. The van der Waals surface area contributed by atoms with Gasteiger partial charge in [-0.1, -0.05) is 0 Å². The predicted octanol–water partition coefficient (Wildman–Crippen LogP) is 4.41. The molecule has 0 amide bonds. The molecule has 2 N–H and O–H groups in total. The number of nitrogens with one attached hydrogen (secondary N) is 2. The van der Waals surface area contributed by atoms with Gasteiger partial charge in [0.25, 0.3) is 5.69 Å². The molecule has 3 rings (SSSR count). The number of ether oxygens (including phenoxy) is 3. The quantitative estimate of drug-likeness (QED) is 0.279. The molecule has 0 aliphatic carbocycles. The average Bonchev–Trinajstić information content (AvgIpc) is 3.14. The third kappa shape index (κ3) is 5.17. The van der Waals surface area contributed by atoms with E-state index in [1.54, 1.807) is 18.2 Å². The zero-order valence-corrected chi connectivity index (χ0v) is 15.7. The second kappa shape index (κ2) is 8.57. The fourth-order valence-corrected chi connectivity index (χ4v) is 2.59. The summed E-state index contributed by atoms with van der Waals surface area (Å²) in [6, 6.07) is 7.94. The normalized spacial score (nSPS) is 12.6. The van der Waals surface area contributed by atoms with Crippen molar-refractivity contribution in [1.82, 2.24) is 0 Å². The number of rotatable bonds is 7. The Labute approximate surface area is 171 Å². The molecule has 160 valence electrons. The first-order valence-corrected chi connectivity index (χ1v) is 8.61. The minimum absolute atomic E-state index is 0.0122. The van der Waals surface area contributed by atoms with Crippen molar-refractivity contribution in [2.75, 3.05) is 24.0 Å². The van der Waals surface area contributed by atoms with Crippen molar-refractivity contribution >= 4 is 34.4 Å². The van der Waals surface area contributed by atoms with Gasteiger partial charge < -0.3 is 24.8 Å². The van der Waals surface area contributed by atoms with E-state index >= 15 is 0 Å². The molecule has 0 spiro atoms. The highest BCUT2D eigenvalue weighted by Gasteiger charge is 2.41. The van der Waals surface area contributed by atoms with Gasteiger partial charge in [-0.25, -0.2) is 8.78 Å². The van der Waals surface area contributed by atoms with Crippen molar-refractivity contribution in [3.05, 3.63) is 46.5 Å². The maximum Gasteiger partial charge on any atom is 0.340 e. The molecular formula is C17H13F4N3O5S. The number of hydrogen-bond acceptors (Lipinski definition) is 6. The first-order chi connectivity index (χ1) is 14.1. The molecule has 1 aliphatic heterocycles. The van der Waals surface area contributed by atoms with Crippen LogP contribution in [0.15, 0.2) is 36.4 Å². The van der Waals surface area contributed by atoms with E-state index in [0.717, 1.165) is 18.2 Å². The number of fused-ring (bicyclic) bond motifs is 1. The maximum atomic E-state index is 13.1. The van der Waals surface area contributed by atoms with Gasteiger partial charge in [0.2, 0.25) is 6.79 Å². The molecule has 2 aromatic rings. The molecule has 2 aromatic carbocycles. The van der Waals surface area contributed by atoms with Crippen LogP contribution in [0.3, 0.4) is 0 Å². The van der Waals surface area contributed by atoms with E-state index < -0.39 is 35.3 Å². The molecule has 0 saturated heterocycles. The highest BCUT2D eigenvalue weighted by atomic mass is 32.1. The number of nitrogens with zero attached hydrogens (tertiary/aromatic N) is 1. The lowest BCUT2D eigenvalue weighted by Crippen LogP contribution is -2.33. The number of hydrogen-bond donors (Lipinski definition) is 2. The van der Waals surface area contributed by atoms with E-state index in [9.17, 15) is 27.7 Å². The van der Waals surface area contributed by atoms with Crippen LogP contribution in [0.5, 0.6) is 17.2 Å². The highest BCUT2D eigenvalue weighted by molar-refractivity contribution is 7.80. The Hall–Kier alpha value is -3.35. The van der Waals surface area contributed by atoms with E-state index in [-0.39, 0.29) is 17.6 Å². The van der Waals surface area contributed by atoms with Gasteiger partial charge in [-0.2, -0.15) is 8.78 Å². The van der Waals surface area contributed by atoms with Crippen molar-refractivity contribution in [2.45, 2.75) is 12.3 Å². The summed E-state index contributed by atoms with van der Waals surface area (Å²) >= 11 is 5.13. The minimum atomic E-state index is -4.41. The third-order valence-electron chi connectivity index (χ3n) is 3.74. The van der Waals surface area contributed by atoms with Crippen molar-refractivity contribution in [1.29, 1.82) is 0 Å². The van der Waals surface area contributed by atoms with Gasteiger partial charge >= 0.3 is 12.3 Å². The number of anilines is 2. The number of nitro groups is 1. The number of non-ortho nitro benzene ring substituents is 1. The van der Waals surface area contributed by atoms with Crippen LogP contribution < -0.4 is 24.8 Å². The lowest BCUT2D eigenvalue weighted by molar-refractivity contribution is -0.384. The van der Waals surface area contributed by atoms with Crippen LogP contribution in [-0.2, 0) is 0 Å². The number of alkyl halides is 4. The summed E-state index contributed by atoms with van der Waals surface area (Å²) in [7, 11) is 0. The monoisotopic (exact) mass is 447 g/mol. The lowest BCUT2D eigenvalue weighted by atomic mass is 10.2. The topological polar surface area (TPSA) is 94.9 Å². The van der Waals surface area contributed by atoms with Crippen LogP contribution in [0.4, 0.5) is 34.6 Å². The summed E-state index contributed by atoms with van der Waals surface area (Å²) in [4.78, 5) is 10.3. The molecule has 0 unspecified atom stereocenters. The maximum absolute atomic E-state index is 13.1. The molecular weight excluding hydrogens is 434 g/mol. The van der Waals surface area contributed by atoms with Crippen molar-refractivity contribution in [3.8, 4) is 17.2 Å². The van der Waals surface area contributed by atoms with Crippen LogP contribution in [0.25, 0.3) is 0 Å². The van der Waals surface area contributed by atoms with Crippen LogP contribution in [0, 0.1) is 10.1 Å². The molecule has 0 fully saturated rings. The number of benzene rings is 2. The Balaban J connectivity index is 1.71. The van der Waals surface area contributed by atoms with E-state index in [0.29, 0.717) is 17.2 Å². The fourth-order valence-electron chi connectivity index (χ4n) is 2.35. The van der Waals surface area contributed by atoms with Gasteiger partial charge in [0.1, 0.15) is 5.75 Å². The first-order valence-electron chi connectivity index (χ1n) is 8.20. The zero-order valence-electron chi connectivity index (χ0n) is 14.9. The summed E-state index contributed by atoms with van der Waals surface area (Å²) in [5.74, 6) is -3.76. The summed E-state index contributed by atoms with van der Waals surface area (Å²) in [5.41, 5.74) is 0.0364. The van der Waals surface area contributed by atoms with Gasteiger partial charge in [0, 0.05) is 23.9 Å². The van der Waals surface area contributed by atoms with Gasteiger partial charge in [-0.3, -0.25) is 10.1 Å². The molecule has 0 radical (unpaired) electrons. The minimum Gasteiger partial charge on any atom is -0.487 e. The third-order valence-corrected chi connectivity index (χ3v) is 3.95. The molecule has 0 aromatic heterocycles. The van der Waals surface area contributed by atoms with Crippen molar-refractivity contribution < 1.29 is 36.7 Å². The molecule has 30 heavy (non-hydrogen) atoms. The molecule has 0 atom stereocenters.